The molecule has 0 fully saturated rings. The summed E-state index contributed by atoms with van der Waals surface area (Å²) < 4.78 is 0. The molecule has 1 rings (SSSR count). The number of carbonyl (C=O) groups excluding carboxylic acids is 1. The van der Waals surface area contributed by atoms with Gasteiger partial charge in [-0.2, -0.15) is 0 Å². The number of nitrogens with zero attached hydrogens (tertiary/aromatic N) is 2. The monoisotopic (exact) mass is 176 g/mol. The highest BCUT2D eigenvalue weighted by atomic mass is 16.1. The number of carbonyl (C=O) groups is 1. The predicted octanol–water partition coefficient (Wildman–Crippen LogP) is 1.52. The Balaban J connectivity index is 3.19. The molecule has 0 unspecified atom stereocenters. The first-order valence-corrected chi connectivity index (χ1v) is 3.96. The van der Waals surface area contributed by atoms with Gasteiger partial charge < -0.3 is 4.90 Å². The molecule has 0 aliphatic carbocycles. The average Bonchev–Trinajstić information content (AvgIpc) is 2.16. The van der Waals surface area contributed by atoms with Crippen molar-refractivity contribution < 1.29 is 4.79 Å². The van der Waals surface area contributed by atoms with E-state index in [9.17, 15) is 4.79 Å². The summed E-state index contributed by atoms with van der Waals surface area (Å²) in [5.74, 6) is 0.573. The third-order valence-electron chi connectivity index (χ3n) is 1.66. The first-order chi connectivity index (χ1) is 6.16. The van der Waals surface area contributed by atoms with Gasteiger partial charge in [0.1, 0.15) is 5.82 Å². The van der Waals surface area contributed by atoms with E-state index in [2.05, 4.69) is 11.6 Å². The number of pyridine rings is 1. The van der Waals surface area contributed by atoms with Crippen molar-refractivity contribution in [1.82, 2.24) is 4.98 Å². The van der Waals surface area contributed by atoms with Crippen molar-refractivity contribution in [3.05, 3.63) is 36.5 Å². The normalized spacial score (nSPS) is 9.38. The second kappa shape index (κ2) is 3.85. The lowest BCUT2D eigenvalue weighted by Crippen LogP contribution is -2.14. The van der Waals surface area contributed by atoms with E-state index in [1.165, 1.54) is 6.08 Å². The Morgan fingerprint density at radius 2 is 2.31 bits per heavy atom. The molecule has 0 saturated heterocycles. The van der Waals surface area contributed by atoms with E-state index in [0.29, 0.717) is 11.4 Å². The topological polar surface area (TPSA) is 33.2 Å². The SMILES string of the molecule is C=CC(=O)c1cccnc1N(C)C. The van der Waals surface area contributed by atoms with E-state index in [0.717, 1.165) is 0 Å². The molecule has 68 valence electrons. The fraction of sp³-hybridized carbons (Fsp3) is 0.200. The van der Waals surface area contributed by atoms with Crippen molar-refractivity contribution in [2.45, 2.75) is 0 Å². The van der Waals surface area contributed by atoms with Crippen LogP contribution in [0.25, 0.3) is 0 Å². The molecule has 3 nitrogen and oxygen atoms in total. The van der Waals surface area contributed by atoms with Gasteiger partial charge in [0.05, 0.1) is 5.56 Å². The van der Waals surface area contributed by atoms with Crippen LogP contribution >= 0.6 is 0 Å². The third kappa shape index (κ3) is 1.93. The van der Waals surface area contributed by atoms with Crippen LogP contribution in [0.2, 0.25) is 0 Å². The number of rotatable bonds is 3. The summed E-state index contributed by atoms with van der Waals surface area (Å²) in [6, 6.07) is 3.48. The van der Waals surface area contributed by atoms with Gasteiger partial charge in [-0.3, -0.25) is 4.79 Å². The zero-order valence-electron chi connectivity index (χ0n) is 7.82. The molecule has 1 aromatic rings. The van der Waals surface area contributed by atoms with E-state index in [4.69, 9.17) is 0 Å². The molecule has 0 aliphatic rings. The molecule has 0 radical (unpaired) electrons. The van der Waals surface area contributed by atoms with E-state index in [-0.39, 0.29) is 5.78 Å². The largest absolute Gasteiger partial charge is 0.362 e. The van der Waals surface area contributed by atoms with Crippen LogP contribution in [-0.2, 0) is 0 Å². The van der Waals surface area contributed by atoms with E-state index >= 15 is 0 Å². The Kier molecular flexibility index (Phi) is 2.80. The van der Waals surface area contributed by atoms with E-state index in [1.54, 1.807) is 23.2 Å². The van der Waals surface area contributed by atoms with Gasteiger partial charge in [0.25, 0.3) is 0 Å². The second-order valence-corrected chi connectivity index (χ2v) is 2.84. The number of hydrogen-bond acceptors (Lipinski definition) is 3. The Morgan fingerprint density at radius 3 is 2.85 bits per heavy atom. The van der Waals surface area contributed by atoms with Gasteiger partial charge in [-0.25, -0.2) is 4.98 Å². The van der Waals surface area contributed by atoms with E-state index in [1.807, 2.05) is 14.1 Å². The molecule has 3 heteroatoms. The lowest BCUT2D eigenvalue weighted by Gasteiger charge is -2.13. The molecule has 0 aromatic carbocycles. The van der Waals surface area contributed by atoms with Gasteiger partial charge in [-0.1, -0.05) is 6.58 Å². The van der Waals surface area contributed by atoms with Crippen molar-refractivity contribution in [1.29, 1.82) is 0 Å². The average molecular weight is 176 g/mol. The van der Waals surface area contributed by atoms with Crippen LogP contribution in [0.15, 0.2) is 31.0 Å². The Hall–Kier alpha value is -1.64. The van der Waals surface area contributed by atoms with Crippen LogP contribution < -0.4 is 4.90 Å². The number of anilines is 1. The van der Waals surface area contributed by atoms with Gasteiger partial charge in [-0.05, 0) is 18.2 Å². The van der Waals surface area contributed by atoms with Crippen molar-refractivity contribution in [3.8, 4) is 0 Å². The molecule has 0 bridgehead atoms. The van der Waals surface area contributed by atoms with Gasteiger partial charge in [-0.15, -0.1) is 0 Å². The number of ketones is 1. The first-order valence-electron chi connectivity index (χ1n) is 3.96. The summed E-state index contributed by atoms with van der Waals surface area (Å²) >= 11 is 0. The van der Waals surface area contributed by atoms with Crippen molar-refractivity contribution in [2.24, 2.45) is 0 Å². The van der Waals surface area contributed by atoms with Gasteiger partial charge in [0, 0.05) is 20.3 Å². The fourth-order valence-corrected chi connectivity index (χ4v) is 1.06. The van der Waals surface area contributed by atoms with Crippen LogP contribution in [0.1, 0.15) is 10.4 Å². The minimum Gasteiger partial charge on any atom is -0.362 e. The number of allylic oxidation sites excluding steroid dienone is 1. The molecule has 0 saturated carbocycles. The quantitative estimate of drug-likeness (QED) is 0.517. The Bertz CT molecular complexity index is 331. The highest BCUT2D eigenvalue weighted by Gasteiger charge is 2.09. The van der Waals surface area contributed by atoms with Gasteiger partial charge in [0.2, 0.25) is 0 Å². The standard InChI is InChI=1S/C10H12N2O/c1-4-9(13)8-6-5-7-11-10(8)12(2)3/h4-7H,1H2,2-3H3. The summed E-state index contributed by atoms with van der Waals surface area (Å²) in [5, 5.41) is 0. The summed E-state index contributed by atoms with van der Waals surface area (Å²) in [4.78, 5) is 17.3. The maximum absolute atomic E-state index is 11.4. The maximum atomic E-state index is 11.4. The van der Waals surface area contributed by atoms with Crippen molar-refractivity contribution in [3.63, 3.8) is 0 Å². The molecular formula is C10H12N2O. The zero-order chi connectivity index (χ0) is 9.84. The highest BCUT2D eigenvalue weighted by Crippen LogP contribution is 2.14. The number of aromatic nitrogens is 1. The highest BCUT2D eigenvalue weighted by molar-refractivity contribution is 6.07. The minimum absolute atomic E-state index is 0.100. The molecule has 0 atom stereocenters. The van der Waals surface area contributed by atoms with Crippen LogP contribution in [0.4, 0.5) is 5.82 Å². The molecule has 0 aliphatic heterocycles. The summed E-state index contributed by atoms with van der Waals surface area (Å²) in [5.41, 5.74) is 0.586. The molecule has 0 amide bonds. The van der Waals surface area contributed by atoms with Gasteiger partial charge in [0.15, 0.2) is 5.78 Å². The van der Waals surface area contributed by atoms with Crippen molar-refractivity contribution >= 4 is 11.6 Å². The molecule has 0 spiro atoms. The minimum atomic E-state index is -0.100. The smallest absolute Gasteiger partial charge is 0.188 e. The molecule has 13 heavy (non-hydrogen) atoms. The van der Waals surface area contributed by atoms with Gasteiger partial charge >= 0.3 is 0 Å². The lowest BCUT2D eigenvalue weighted by molar-refractivity contribution is 0.104. The molecule has 1 heterocycles. The van der Waals surface area contributed by atoms with Crippen LogP contribution in [-0.4, -0.2) is 24.9 Å². The Labute approximate surface area is 77.7 Å². The third-order valence-corrected chi connectivity index (χ3v) is 1.66. The predicted molar refractivity (Wildman–Crippen MR) is 53.1 cm³/mol. The summed E-state index contributed by atoms with van der Waals surface area (Å²) in [6.45, 7) is 3.44. The van der Waals surface area contributed by atoms with Crippen LogP contribution in [0.5, 0.6) is 0 Å². The van der Waals surface area contributed by atoms with Crippen LogP contribution in [0, 0.1) is 0 Å². The first kappa shape index (κ1) is 9.45. The lowest BCUT2D eigenvalue weighted by atomic mass is 10.1. The summed E-state index contributed by atoms with van der Waals surface area (Å²) in [7, 11) is 3.70. The molecular weight excluding hydrogens is 164 g/mol. The number of hydrogen-bond donors (Lipinski definition) is 0. The van der Waals surface area contributed by atoms with E-state index < -0.39 is 0 Å². The fourth-order valence-electron chi connectivity index (χ4n) is 1.06. The molecule has 0 N–H and O–H groups in total. The van der Waals surface area contributed by atoms with Crippen molar-refractivity contribution in [2.75, 3.05) is 19.0 Å². The Morgan fingerprint density at radius 1 is 1.62 bits per heavy atom. The second-order valence-electron chi connectivity index (χ2n) is 2.84. The maximum Gasteiger partial charge on any atom is 0.188 e. The molecule has 1 aromatic heterocycles. The summed E-state index contributed by atoms with van der Waals surface area (Å²) in [6.07, 6.45) is 2.96. The zero-order valence-corrected chi connectivity index (χ0v) is 7.82. The van der Waals surface area contributed by atoms with Crippen LogP contribution in [0.3, 0.4) is 0 Å².